The van der Waals surface area contributed by atoms with E-state index in [1.807, 2.05) is 16.8 Å². The molecule has 0 radical (unpaired) electrons. The van der Waals surface area contributed by atoms with Gasteiger partial charge in [0.25, 0.3) is 0 Å². The zero-order chi connectivity index (χ0) is 9.80. The molecule has 5 nitrogen and oxygen atoms in total. The number of aromatic nitrogens is 4. The molecule has 0 aliphatic heterocycles. The zero-order valence-electron chi connectivity index (χ0n) is 7.54. The number of hydrogen-bond acceptors (Lipinski definition) is 3. The van der Waals surface area contributed by atoms with E-state index < -0.39 is 0 Å². The molecule has 0 spiro atoms. The lowest BCUT2D eigenvalue weighted by Crippen LogP contribution is -2.08. The van der Waals surface area contributed by atoms with E-state index in [0.717, 1.165) is 13.1 Å². The minimum atomic E-state index is 0.671. The molecule has 14 heavy (non-hydrogen) atoms. The van der Waals surface area contributed by atoms with Crippen molar-refractivity contribution in [2.75, 3.05) is 0 Å². The molecule has 2 heterocycles. The summed E-state index contributed by atoms with van der Waals surface area (Å²) in [5.41, 5.74) is 0.671. The summed E-state index contributed by atoms with van der Waals surface area (Å²) in [6.07, 6.45) is 5.05. The van der Waals surface area contributed by atoms with Crippen molar-refractivity contribution >= 4 is 0 Å². The highest BCUT2D eigenvalue weighted by molar-refractivity contribution is 5.21. The highest BCUT2D eigenvalue weighted by Crippen LogP contribution is 2.00. The van der Waals surface area contributed by atoms with Gasteiger partial charge in [0.15, 0.2) is 0 Å². The van der Waals surface area contributed by atoms with E-state index in [2.05, 4.69) is 16.2 Å². The fraction of sp³-hybridized carbons (Fsp3) is 0.222. The van der Waals surface area contributed by atoms with E-state index in [0.29, 0.717) is 5.69 Å². The summed E-state index contributed by atoms with van der Waals surface area (Å²) in [5.74, 6) is 0. The summed E-state index contributed by atoms with van der Waals surface area (Å²) in [7, 11) is 0. The molecular formula is C9H9N5. The molecule has 0 N–H and O–H groups in total. The van der Waals surface area contributed by atoms with Crippen LogP contribution in [0.25, 0.3) is 0 Å². The van der Waals surface area contributed by atoms with E-state index in [4.69, 9.17) is 5.26 Å². The van der Waals surface area contributed by atoms with Crippen LogP contribution in [0.1, 0.15) is 5.69 Å². The van der Waals surface area contributed by atoms with Gasteiger partial charge in [-0.1, -0.05) is 0 Å². The van der Waals surface area contributed by atoms with Crippen molar-refractivity contribution < 1.29 is 0 Å². The Morgan fingerprint density at radius 2 is 2.36 bits per heavy atom. The van der Waals surface area contributed by atoms with Gasteiger partial charge >= 0.3 is 0 Å². The van der Waals surface area contributed by atoms with Crippen molar-refractivity contribution in [1.29, 1.82) is 5.26 Å². The Morgan fingerprint density at radius 1 is 1.43 bits per heavy atom. The van der Waals surface area contributed by atoms with Crippen LogP contribution >= 0.6 is 0 Å². The van der Waals surface area contributed by atoms with Crippen LogP contribution in [0.15, 0.2) is 31.0 Å². The van der Waals surface area contributed by atoms with E-state index >= 15 is 0 Å². The highest BCUT2D eigenvalue weighted by Gasteiger charge is 1.98. The van der Waals surface area contributed by atoms with Crippen LogP contribution in [-0.2, 0) is 13.1 Å². The molecule has 0 aliphatic rings. The average molecular weight is 187 g/mol. The van der Waals surface area contributed by atoms with E-state index in [1.165, 1.54) is 6.33 Å². The van der Waals surface area contributed by atoms with Crippen LogP contribution in [0.3, 0.4) is 0 Å². The van der Waals surface area contributed by atoms with Crippen LogP contribution in [0.4, 0.5) is 0 Å². The largest absolute Gasteiger partial charge is 0.338 e. The van der Waals surface area contributed by atoms with E-state index in [9.17, 15) is 0 Å². The molecular weight excluding hydrogens is 178 g/mol. The minimum Gasteiger partial charge on any atom is -0.338 e. The van der Waals surface area contributed by atoms with Gasteiger partial charge in [-0.2, -0.15) is 10.4 Å². The second-order valence-electron chi connectivity index (χ2n) is 2.86. The Hall–Kier alpha value is -2.09. The van der Waals surface area contributed by atoms with Crippen LogP contribution in [0.2, 0.25) is 0 Å². The molecule has 5 heteroatoms. The maximum atomic E-state index is 8.76. The monoisotopic (exact) mass is 187 g/mol. The maximum absolute atomic E-state index is 8.76. The molecule has 0 unspecified atom stereocenters. The van der Waals surface area contributed by atoms with Crippen molar-refractivity contribution in [3.8, 4) is 6.07 Å². The van der Waals surface area contributed by atoms with Crippen LogP contribution < -0.4 is 0 Å². The lowest BCUT2D eigenvalue weighted by molar-refractivity contribution is 0.531. The van der Waals surface area contributed by atoms with Gasteiger partial charge in [0.2, 0.25) is 0 Å². The molecule has 0 saturated carbocycles. The minimum absolute atomic E-state index is 0.671. The molecule has 2 aromatic heterocycles. The van der Waals surface area contributed by atoms with Crippen molar-refractivity contribution in [2.45, 2.75) is 13.1 Å². The Bertz CT molecular complexity index is 434. The average Bonchev–Trinajstić information content (AvgIpc) is 2.85. The molecule has 70 valence electrons. The Kier molecular flexibility index (Phi) is 2.28. The van der Waals surface area contributed by atoms with Crippen LogP contribution in [-0.4, -0.2) is 19.3 Å². The molecule has 0 atom stereocenters. The quantitative estimate of drug-likeness (QED) is 0.708. The normalized spacial score (nSPS) is 9.93. The first-order valence-electron chi connectivity index (χ1n) is 4.28. The van der Waals surface area contributed by atoms with Gasteiger partial charge in [-0.05, 0) is 12.1 Å². The Balaban J connectivity index is 2.02. The van der Waals surface area contributed by atoms with Gasteiger partial charge in [0.1, 0.15) is 24.4 Å². The van der Waals surface area contributed by atoms with E-state index in [1.54, 1.807) is 17.1 Å². The second-order valence-corrected chi connectivity index (χ2v) is 2.86. The third kappa shape index (κ3) is 1.64. The summed E-state index contributed by atoms with van der Waals surface area (Å²) in [6, 6.07) is 5.78. The zero-order valence-corrected chi connectivity index (χ0v) is 7.54. The first-order valence-corrected chi connectivity index (χ1v) is 4.28. The number of aryl methyl sites for hydroxylation is 2. The number of rotatable bonds is 3. The lowest BCUT2D eigenvalue weighted by Gasteiger charge is -2.03. The summed E-state index contributed by atoms with van der Waals surface area (Å²) in [4.78, 5) is 3.84. The third-order valence-electron chi connectivity index (χ3n) is 1.98. The topological polar surface area (TPSA) is 59.4 Å². The predicted molar refractivity (Wildman–Crippen MR) is 49.2 cm³/mol. The van der Waals surface area contributed by atoms with Crippen molar-refractivity contribution in [3.63, 3.8) is 0 Å². The SMILES string of the molecule is N#Cc1cccn1CCn1cncn1. The first-order chi connectivity index (χ1) is 6.90. The molecule has 0 aliphatic carbocycles. The molecule has 2 aromatic rings. The number of nitriles is 1. The van der Waals surface area contributed by atoms with Crippen molar-refractivity contribution in [2.24, 2.45) is 0 Å². The van der Waals surface area contributed by atoms with Gasteiger partial charge in [-0.3, -0.25) is 4.68 Å². The Labute approximate surface area is 81.2 Å². The van der Waals surface area contributed by atoms with Gasteiger partial charge in [-0.15, -0.1) is 0 Å². The summed E-state index contributed by atoms with van der Waals surface area (Å²) < 4.78 is 3.63. The molecule has 0 bridgehead atoms. The molecule has 0 aromatic carbocycles. The fourth-order valence-electron chi connectivity index (χ4n) is 1.27. The van der Waals surface area contributed by atoms with Crippen LogP contribution in [0.5, 0.6) is 0 Å². The van der Waals surface area contributed by atoms with Crippen molar-refractivity contribution in [1.82, 2.24) is 19.3 Å². The molecule has 2 rings (SSSR count). The second kappa shape index (κ2) is 3.75. The van der Waals surface area contributed by atoms with Crippen molar-refractivity contribution in [3.05, 3.63) is 36.7 Å². The van der Waals surface area contributed by atoms with Gasteiger partial charge < -0.3 is 4.57 Å². The lowest BCUT2D eigenvalue weighted by atomic mass is 10.4. The smallest absolute Gasteiger partial charge is 0.137 e. The fourth-order valence-corrected chi connectivity index (χ4v) is 1.27. The van der Waals surface area contributed by atoms with Crippen LogP contribution in [0, 0.1) is 11.3 Å². The van der Waals surface area contributed by atoms with E-state index in [-0.39, 0.29) is 0 Å². The number of hydrogen-bond donors (Lipinski definition) is 0. The summed E-state index contributed by atoms with van der Waals surface area (Å²) in [5, 5.41) is 12.7. The summed E-state index contributed by atoms with van der Waals surface area (Å²) in [6.45, 7) is 1.46. The third-order valence-corrected chi connectivity index (χ3v) is 1.98. The molecule has 0 saturated heterocycles. The maximum Gasteiger partial charge on any atom is 0.137 e. The van der Waals surface area contributed by atoms with Gasteiger partial charge in [0, 0.05) is 12.7 Å². The van der Waals surface area contributed by atoms with Gasteiger partial charge in [0.05, 0.1) is 6.54 Å². The standard InChI is InChI=1S/C9H9N5/c10-6-9-2-1-3-13(9)4-5-14-8-11-7-12-14/h1-3,7-8H,4-5H2. The van der Waals surface area contributed by atoms with Gasteiger partial charge in [-0.25, -0.2) is 4.98 Å². The number of nitrogens with zero attached hydrogens (tertiary/aromatic N) is 5. The predicted octanol–water partition coefficient (Wildman–Crippen LogP) is 0.651. The highest BCUT2D eigenvalue weighted by atomic mass is 15.3. The first kappa shape index (κ1) is 8.51. The molecule has 0 amide bonds. The Morgan fingerprint density at radius 3 is 3.07 bits per heavy atom. The summed E-state index contributed by atoms with van der Waals surface area (Å²) >= 11 is 0. The molecule has 0 fully saturated rings.